The quantitative estimate of drug-likeness (QED) is 0.820. The summed E-state index contributed by atoms with van der Waals surface area (Å²) in [5, 5.41) is 12.0. The van der Waals surface area contributed by atoms with E-state index >= 15 is 0 Å². The number of carboxylic acids is 1. The zero-order valence-electron chi connectivity index (χ0n) is 13.2. The van der Waals surface area contributed by atoms with Crippen LogP contribution in [0.5, 0.6) is 11.5 Å². The standard InChI is InChI=1S/C16H21NO6/c1-21-11-5-6-13(22-2)12(8-11)15(18)17-14(16(19)20)10-4-3-7-23-9-10/h5-6,8,10,14H,3-4,7,9H2,1-2H3,(H,17,18)(H,19,20). The molecule has 1 saturated heterocycles. The Morgan fingerprint density at radius 2 is 2.13 bits per heavy atom. The summed E-state index contributed by atoms with van der Waals surface area (Å²) in [4.78, 5) is 24.0. The molecule has 1 aromatic rings. The number of methoxy groups -OCH3 is 2. The summed E-state index contributed by atoms with van der Waals surface area (Å²) >= 11 is 0. The van der Waals surface area contributed by atoms with E-state index in [1.54, 1.807) is 12.1 Å². The van der Waals surface area contributed by atoms with Gasteiger partial charge >= 0.3 is 5.97 Å². The van der Waals surface area contributed by atoms with E-state index in [2.05, 4.69) is 5.32 Å². The number of rotatable bonds is 6. The van der Waals surface area contributed by atoms with Gasteiger partial charge in [0.1, 0.15) is 17.5 Å². The van der Waals surface area contributed by atoms with Crippen molar-refractivity contribution < 1.29 is 28.9 Å². The molecule has 0 bridgehead atoms. The minimum atomic E-state index is -1.07. The van der Waals surface area contributed by atoms with Crippen molar-refractivity contribution in [2.24, 2.45) is 5.92 Å². The second-order valence-corrected chi connectivity index (χ2v) is 5.33. The minimum Gasteiger partial charge on any atom is -0.497 e. The first kappa shape index (κ1) is 17.1. The normalized spacial score (nSPS) is 18.8. The van der Waals surface area contributed by atoms with Crippen LogP contribution < -0.4 is 14.8 Å². The molecule has 1 aliphatic rings. The Balaban J connectivity index is 2.19. The van der Waals surface area contributed by atoms with E-state index in [1.165, 1.54) is 20.3 Å². The fourth-order valence-electron chi connectivity index (χ4n) is 2.62. The molecule has 0 spiro atoms. The number of carbonyl (C=O) groups is 2. The van der Waals surface area contributed by atoms with Crippen LogP contribution in [0.2, 0.25) is 0 Å². The van der Waals surface area contributed by atoms with Gasteiger partial charge in [-0.2, -0.15) is 0 Å². The van der Waals surface area contributed by atoms with Crippen LogP contribution in [0.3, 0.4) is 0 Å². The van der Waals surface area contributed by atoms with Gasteiger partial charge in [-0.15, -0.1) is 0 Å². The molecular formula is C16H21NO6. The molecule has 2 unspecified atom stereocenters. The van der Waals surface area contributed by atoms with E-state index < -0.39 is 17.9 Å². The van der Waals surface area contributed by atoms with Crippen molar-refractivity contribution in [1.29, 1.82) is 0 Å². The Labute approximate surface area is 134 Å². The molecule has 7 heteroatoms. The van der Waals surface area contributed by atoms with Crippen LogP contribution in [-0.4, -0.2) is 50.5 Å². The highest BCUT2D eigenvalue weighted by Gasteiger charge is 2.32. The van der Waals surface area contributed by atoms with Gasteiger partial charge in [-0.05, 0) is 31.0 Å². The molecule has 1 aromatic carbocycles. The Kier molecular flexibility index (Phi) is 5.81. The summed E-state index contributed by atoms with van der Waals surface area (Å²) in [5.74, 6) is -0.993. The Morgan fingerprint density at radius 3 is 2.70 bits per heavy atom. The van der Waals surface area contributed by atoms with Gasteiger partial charge in [-0.1, -0.05) is 0 Å². The van der Waals surface area contributed by atoms with Crippen LogP contribution in [0.15, 0.2) is 18.2 Å². The molecule has 2 N–H and O–H groups in total. The lowest BCUT2D eigenvalue weighted by molar-refractivity contribution is -0.142. The topological polar surface area (TPSA) is 94.1 Å². The predicted molar refractivity (Wildman–Crippen MR) is 82.0 cm³/mol. The lowest BCUT2D eigenvalue weighted by Crippen LogP contribution is -2.48. The maximum Gasteiger partial charge on any atom is 0.326 e. The summed E-state index contributed by atoms with van der Waals surface area (Å²) in [6.45, 7) is 0.951. The lowest BCUT2D eigenvalue weighted by Gasteiger charge is -2.28. The predicted octanol–water partition coefficient (Wildman–Crippen LogP) is 1.31. The molecule has 0 aliphatic carbocycles. The van der Waals surface area contributed by atoms with Crippen LogP contribution in [0.25, 0.3) is 0 Å². The third-order valence-electron chi connectivity index (χ3n) is 3.87. The second kappa shape index (κ2) is 7.82. The van der Waals surface area contributed by atoms with Gasteiger partial charge in [0.2, 0.25) is 0 Å². The molecule has 2 rings (SSSR count). The highest BCUT2D eigenvalue weighted by molar-refractivity contribution is 5.99. The fraction of sp³-hybridized carbons (Fsp3) is 0.500. The van der Waals surface area contributed by atoms with Crippen molar-refractivity contribution in [1.82, 2.24) is 5.32 Å². The zero-order valence-corrected chi connectivity index (χ0v) is 13.2. The van der Waals surface area contributed by atoms with Gasteiger partial charge in [-0.3, -0.25) is 4.79 Å². The van der Waals surface area contributed by atoms with Crippen LogP contribution >= 0.6 is 0 Å². The van der Waals surface area contributed by atoms with E-state index in [4.69, 9.17) is 14.2 Å². The van der Waals surface area contributed by atoms with Crippen molar-refractivity contribution in [2.75, 3.05) is 27.4 Å². The summed E-state index contributed by atoms with van der Waals surface area (Å²) in [6, 6.07) is 3.79. The average molecular weight is 323 g/mol. The maximum absolute atomic E-state index is 12.5. The fourth-order valence-corrected chi connectivity index (χ4v) is 2.62. The average Bonchev–Trinajstić information content (AvgIpc) is 2.59. The maximum atomic E-state index is 12.5. The van der Waals surface area contributed by atoms with Crippen LogP contribution in [0.1, 0.15) is 23.2 Å². The Hall–Kier alpha value is -2.28. The monoisotopic (exact) mass is 323 g/mol. The first-order chi connectivity index (χ1) is 11.1. The summed E-state index contributed by atoms with van der Waals surface area (Å²) < 4.78 is 15.6. The van der Waals surface area contributed by atoms with Crippen molar-refractivity contribution >= 4 is 11.9 Å². The number of hydrogen-bond donors (Lipinski definition) is 2. The third kappa shape index (κ3) is 4.13. The SMILES string of the molecule is COc1ccc(OC)c(C(=O)NC(C(=O)O)C2CCCOC2)c1. The van der Waals surface area contributed by atoms with Crippen LogP contribution in [-0.2, 0) is 9.53 Å². The van der Waals surface area contributed by atoms with Crippen LogP contribution in [0.4, 0.5) is 0 Å². The van der Waals surface area contributed by atoms with Crippen molar-refractivity contribution in [2.45, 2.75) is 18.9 Å². The van der Waals surface area contributed by atoms with Gasteiger partial charge in [0, 0.05) is 12.5 Å². The molecule has 23 heavy (non-hydrogen) atoms. The van der Waals surface area contributed by atoms with Gasteiger partial charge in [0.05, 0.1) is 26.4 Å². The highest BCUT2D eigenvalue weighted by atomic mass is 16.5. The Morgan fingerprint density at radius 1 is 1.35 bits per heavy atom. The van der Waals surface area contributed by atoms with E-state index in [9.17, 15) is 14.7 Å². The zero-order chi connectivity index (χ0) is 16.8. The minimum absolute atomic E-state index is 0.231. The molecule has 0 saturated carbocycles. The smallest absolute Gasteiger partial charge is 0.326 e. The highest BCUT2D eigenvalue weighted by Crippen LogP contribution is 2.25. The van der Waals surface area contributed by atoms with Gasteiger partial charge in [-0.25, -0.2) is 4.79 Å². The Bertz CT molecular complexity index is 568. The molecule has 1 fully saturated rings. The van der Waals surface area contributed by atoms with E-state index in [1.807, 2.05) is 0 Å². The number of carbonyl (C=O) groups excluding carboxylic acids is 1. The molecule has 126 valence electrons. The van der Waals surface area contributed by atoms with Gasteiger partial charge in [0.15, 0.2) is 0 Å². The van der Waals surface area contributed by atoms with Crippen molar-refractivity contribution in [3.8, 4) is 11.5 Å². The molecule has 0 aromatic heterocycles. The molecule has 0 radical (unpaired) electrons. The lowest BCUT2D eigenvalue weighted by atomic mass is 9.93. The van der Waals surface area contributed by atoms with Gasteiger partial charge in [0.25, 0.3) is 5.91 Å². The molecule has 1 heterocycles. The molecule has 1 amide bonds. The first-order valence-electron chi connectivity index (χ1n) is 7.40. The number of carboxylic acid groups (broad SMARTS) is 1. The van der Waals surface area contributed by atoms with E-state index in [-0.39, 0.29) is 11.5 Å². The molecular weight excluding hydrogens is 302 g/mol. The summed E-state index contributed by atoms with van der Waals surface area (Å²) in [7, 11) is 2.94. The number of hydrogen-bond acceptors (Lipinski definition) is 5. The number of aliphatic carboxylic acids is 1. The largest absolute Gasteiger partial charge is 0.497 e. The van der Waals surface area contributed by atoms with Crippen molar-refractivity contribution in [3.05, 3.63) is 23.8 Å². The van der Waals surface area contributed by atoms with Gasteiger partial charge < -0.3 is 24.6 Å². The number of ether oxygens (including phenoxy) is 3. The summed E-state index contributed by atoms with van der Waals surface area (Å²) in [5.41, 5.74) is 0.231. The third-order valence-corrected chi connectivity index (χ3v) is 3.87. The summed E-state index contributed by atoms with van der Waals surface area (Å²) in [6.07, 6.45) is 1.49. The van der Waals surface area contributed by atoms with Crippen molar-refractivity contribution in [3.63, 3.8) is 0 Å². The van der Waals surface area contributed by atoms with E-state index in [0.29, 0.717) is 31.1 Å². The molecule has 2 atom stereocenters. The molecule has 7 nitrogen and oxygen atoms in total. The molecule has 1 aliphatic heterocycles. The van der Waals surface area contributed by atoms with Crippen LogP contribution in [0, 0.1) is 5.92 Å². The first-order valence-corrected chi connectivity index (χ1v) is 7.40. The number of amides is 1. The number of nitrogens with one attached hydrogen (secondary N) is 1. The van der Waals surface area contributed by atoms with E-state index in [0.717, 1.165) is 6.42 Å². The second-order valence-electron chi connectivity index (χ2n) is 5.33. The number of benzene rings is 1.